The Balaban J connectivity index is 3.23. The van der Waals surface area contributed by atoms with Crippen molar-refractivity contribution in [3.8, 4) is 0 Å². The number of nitrogens with one attached hydrogen (secondary N) is 1. The van der Waals surface area contributed by atoms with E-state index in [0.717, 1.165) is 0 Å². The molecule has 1 rings (SSSR count). The van der Waals surface area contributed by atoms with Gasteiger partial charge in [-0.1, -0.05) is 6.92 Å². The third-order valence-electron chi connectivity index (χ3n) is 2.88. The highest BCUT2D eigenvalue weighted by Crippen LogP contribution is 2.21. The fourth-order valence-electron chi connectivity index (χ4n) is 1.76. The highest BCUT2D eigenvalue weighted by atomic mass is 32.2. The summed E-state index contributed by atoms with van der Waals surface area (Å²) in [4.78, 5) is 11.6. The second kappa shape index (κ2) is 7.67. The number of thioether (sulfide) groups is 1. The van der Waals surface area contributed by atoms with Crippen LogP contribution >= 0.6 is 11.8 Å². The number of sulfonamides is 1. The molecule has 1 aromatic carbocycles. The first kappa shape index (κ1) is 17.8. The van der Waals surface area contributed by atoms with Crippen LogP contribution in [0.2, 0.25) is 0 Å². The van der Waals surface area contributed by atoms with Gasteiger partial charge in [-0.3, -0.25) is 0 Å². The van der Waals surface area contributed by atoms with Gasteiger partial charge >= 0.3 is 5.97 Å². The number of rotatable bonds is 7. The van der Waals surface area contributed by atoms with Crippen molar-refractivity contribution in [3.63, 3.8) is 0 Å². The Morgan fingerprint density at radius 2 is 2.14 bits per heavy atom. The van der Waals surface area contributed by atoms with Crippen LogP contribution in [0.15, 0.2) is 23.1 Å². The number of benzene rings is 1. The van der Waals surface area contributed by atoms with Crippen LogP contribution in [0.5, 0.6) is 0 Å². The van der Waals surface area contributed by atoms with Crippen LogP contribution in [0.3, 0.4) is 0 Å². The van der Waals surface area contributed by atoms with E-state index in [1.807, 2.05) is 13.2 Å². The maximum Gasteiger partial charge on any atom is 0.339 e. The highest BCUT2D eigenvalue weighted by molar-refractivity contribution is 7.98. The third kappa shape index (κ3) is 4.62. The number of hydrogen-bond donors (Lipinski definition) is 2. The molecular weight excluding hydrogens is 312 g/mol. The Kier molecular flexibility index (Phi) is 6.50. The molecule has 21 heavy (non-hydrogen) atoms. The van der Waals surface area contributed by atoms with Gasteiger partial charge in [0.1, 0.15) is 0 Å². The SMILES string of the molecule is CCC(CSC)NS(=O)(=O)c1cc(N)ccc1C(=O)OC. The predicted octanol–water partition coefficient (Wildman–Crippen LogP) is 1.48. The summed E-state index contributed by atoms with van der Waals surface area (Å²) >= 11 is 1.55. The van der Waals surface area contributed by atoms with Gasteiger partial charge in [0.25, 0.3) is 0 Å². The van der Waals surface area contributed by atoms with E-state index in [1.54, 1.807) is 11.8 Å². The molecule has 1 atom stereocenters. The summed E-state index contributed by atoms with van der Waals surface area (Å²) in [6.07, 6.45) is 2.55. The van der Waals surface area contributed by atoms with Crippen molar-refractivity contribution in [3.05, 3.63) is 23.8 Å². The van der Waals surface area contributed by atoms with Gasteiger partial charge in [0, 0.05) is 17.5 Å². The van der Waals surface area contributed by atoms with Gasteiger partial charge in [0.15, 0.2) is 0 Å². The van der Waals surface area contributed by atoms with Gasteiger partial charge in [0.05, 0.1) is 17.6 Å². The molecule has 1 unspecified atom stereocenters. The number of ether oxygens (including phenoxy) is 1. The Bertz CT molecular complexity index is 602. The molecule has 0 aliphatic heterocycles. The minimum Gasteiger partial charge on any atom is -0.465 e. The molecule has 1 aromatic rings. The van der Waals surface area contributed by atoms with Gasteiger partial charge in [0.2, 0.25) is 10.0 Å². The fourth-order valence-corrected chi connectivity index (χ4v) is 4.13. The van der Waals surface area contributed by atoms with E-state index in [-0.39, 0.29) is 22.2 Å². The molecule has 0 spiro atoms. The Labute approximate surface area is 129 Å². The van der Waals surface area contributed by atoms with Gasteiger partial charge in [-0.2, -0.15) is 11.8 Å². The molecule has 6 nitrogen and oxygen atoms in total. The molecule has 0 saturated carbocycles. The van der Waals surface area contributed by atoms with E-state index in [1.165, 1.54) is 25.3 Å². The molecule has 3 N–H and O–H groups in total. The number of nitrogen functional groups attached to an aromatic ring is 1. The number of methoxy groups -OCH3 is 1. The van der Waals surface area contributed by atoms with Crippen LogP contribution in [0, 0.1) is 0 Å². The fraction of sp³-hybridized carbons (Fsp3) is 0.462. The second-order valence-electron chi connectivity index (χ2n) is 4.43. The molecule has 118 valence electrons. The molecule has 0 radical (unpaired) electrons. The van der Waals surface area contributed by atoms with Crippen LogP contribution in [-0.4, -0.2) is 39.5 Å². The van der Waals surface area contributed by atoms with E-state index in [2.05, 4.69) is 9.46 Å². The van der Waals surface area contributed by atoms with Crippen molar-refractivity contribution >= 4 is 33.4 Å². The average molecular weight is 332 g/mol. The Morgan fingerprint density at radius 1 is 1.48 bits per heavy atom. The predicted molar refractivity (Wildman–Crippen MR) is 85.0 cm³/mol. The molecule has 0 aromatic heterocycles. The van der Waals surface area contributed by atoms with Gasteiger partial charge < -0.3 is 10.5 Å². The smallest absolute Gasteiger partial charge is 0.339 e. The number of hydrogen-bond acceptors (Lipinski definition) is 6. The van der Waals surface area contributed by atoms with Crippen molar-refractivity contribution in [1.82, 2.24) is 4.72 Å². The topological polar surface area (TPSA) is 98.5 Å². The molecule has 0 saturated heterocycles. The molecule has 0 fully saturated rings. The molecule has 0 amide bonds. The number of carbonyl (C=O) groups is 1. The minimum atomic E-state index is -3.85. The van der Waals surface area contributed by atoms with Crippen LogP contribution in [0.25, 0.3) is 0 Å². The van der Waals surface area contributed by atoms with Crippen molar-refractivity contribution in [2.75, 3.05) is 24.9 Å². The maximum atomic E-state index is 12.5. The molecule has 8 heteroatoms. The van der Waals surface area contributed by atoms with Gasteiger partial charge in [-0.05, 0) is 30.9 Å². The molecule has 0 heterocycles. The molecule has 0 aliphatic rings. The lowest BCUT2D eigenvalue weighted by Crippen LogP contribution is -2.36. The third-order valence-corrected chi connectivity index (χ3v) is 5.18. The molecule has 0 bridgehead atoms. The number of anilines is 1. The van der Waals surface area contributed by atoms with Crippen molar-refractivity contribution in [1.29, 1.82) is 0 Å². The first-order valence-corrected chi connectivity index (χ1v) is 9.22. The zero-order valence-electron chi connectivity index (χ0n) is 12.3. The first-order valence-electron chi connectivity index (χ1n) is 6.34. The quantitative estimate of drug-likeness (QED) is 0.579. The zero-order chi connectivity index (χ0) is 16.0. The lowest BCUT2D eigenvalue weighted by molar-refractivity contribution is 0.0596. The summed E-state index contributed by atoms with van der Waals surface area (Å²) in [7, 11) is -2.65. The summed E-state index contributed by atoms with van der Waals surface area (Å²) in [5.74, 6) is -0.0701. The Hall–Kier alpha value is -1.25. The summed E-state index contributed by atoms with van der Waals surface area (Å²) in [6.45, 7) is 1.89. The van der Waals surface area contributed by atoms with E-state index < -0.39 is 16.0 Å². The summed E-state index contributed by atoms with van der Waals surface area (Å²) in [5.41, 5.74) is 5.87. The number of esters is 1. The van der Waals surface area contributed by atoms with E-state index in [0.29, 0.717) is 12.2 Å². The van der Waals surface area contributed by atoms with Crippen LogP contribution in [-0.2, 0) is 14.8 Å². The minimum absolute atomic E-state index is 0.0294. The standard InChI is InChI=1S/C13H20N2O4S2/c1-4-10(8-20-3)15-21(17,18)12-7-9(14)5-6-11(12)13(16)19-2/h5-7,10,15H,4,8,14H2,1-3H3. The first-order chi connectivity index (χ1) is 9.85. The Morgan fingerprint density at radius 3 is 2.67 bits per heavy atom. The number of nitrogens with two attached hydrogens (primary N) is 1. The van der Waals surface area contributed by atoms with E-state index >= 15 is 0 Å². The monoisotopic (exact) mass is 332 g/mol. The van der Waals surface area contributed by atoms with E-state index in [4.69, 9.17) is 5.73 Å². The summed E-state index contributed by atoms with van der Waals surface area (Å²) < 4.78 is 32.2. The van der Waals surface area contributed by atoms with Crippen molar-refractivity contribution in [2.45, 2.75) is 24.3 Å². The zero-order valence-corrected chi connectivity index (χ0v) is 13.9. The van der Waals surface area contributed by atoms with Crippen LogP contribution in [0.1, 0.15) is 23.7 Å². The van der Waals surface area contributed by atoms with Gasteiger partial charge in [-0.25, -0.2) is 17.9 Å². The lowest BCUT2D eigenvalue weighted by Gasteiger charge is -2.17. The molecule has 0 aliphatic carbocycles. The summed E-state index contributed by atoms with van der Waals surface area (Å²) in [6, 6.07) is 3.87. The van der Waals surface area contributed by atoms with Crippen LogP contribution < -0.4 is 10.5 Å². The summed E-state index contributed by atoms with van der Waals surface area (Å²) in [5, 5.41) is 0. The maximum absolute atomic E-state index is 12.5. The van der Waals surface area contributed by atoms with E-state index in [9.17, 15) is 13.2 Å². The largest absolute Gasteiger partial charge is 0.465 e. The van der Waals surface area contributed by atoms with Crippen LogP contribution in [0.4, 0.5) is 5.69 Å². The van der Waals surface area contributed by atoms with Gasteiger partial charge in [-0.15, -0.1) is 0 Å². The lowest BCUT2D eigenvalue weighted by atomic mass is 10.2. The highest BCUT2D eigenvalue weighted by Gasteiger charge is 2.25. The van der Waals surface area contributed by atoms with Crippen molar-refractivity contribution in [2.24, 2.45) is 0 Å². The second-order valence-corrected chi connectivity index (χ2v) is 7.02. The van der Waals surface area contributed by atoms with Crippen molar-refractivity contribution < 1.29 is 17.9 Å². The normalized spacial score (nSPS) is 12.9. The molecular formula is C13H20N2O4S2. The average Bonchev–Trinajstić information content (AvgIpc) is 2.45. The number of carbonyl (C=O) groups excluding carboxylic acids is 1.